The maximum atomic E-state index is 12.2. The lowest BCUT2D eigenvalue weighted by Crippen LogP contribution is -2.42. The molecule has 2 atom stereocenters. The maximum Gasteiger partial charge on any atom is 0.407 e. The van der Waals surface area contributed by atoms with E-state index >= 15 is 0 Å². The molecule has 1 aliphatic heterocycles. The van der Waals surface area contributed by atoms with Crippen LogP contribution in [0, 0.1) is 0 Å². The van der Waals surface area contributed by atoms with Gasteiger partial charge in [-0.1, -0.05) is 72.8 Å². The van der Waals surface area contributed by atoms with Crippen LogP contribution >= 0.6 is 0 Å². The topological polar surface area (TPSA) is 60.1 Å². The minimum atomic E-state index is -0.524. The Labute approximate surface area is 176 Å². The first-order chi connectivity index (χ1) is 14.7. The summed E-state index contributed by atoms with van der Waals surface area (Å²) in [6.07, 6.45) is -0.455. The van der Waals surface area contributed by atoms with Gasteiger partial charge in [0.1, 0.15) is 24.6 Å². The van der Waals surface area contributed by atoms with E-state index in [9.17, 15) is 4.79 Å². The van der Waals surface area contributed by atoms with E-state index in [1.165, 1.54) is 0 Å². The van der Waals surface area contributed by atoms with Gasteiger partial charge in [-0.15, -0.1) is 0 Å². The Morgan fingerprint density at radius 3 is 2.07 bits per heavy atom. The average molecular weight is 403 g/mol. The molecule has 1 saturated heterocycles. The van der Waals surface area contributed by atoms with E-state index in [0.717, 1.165) is 22.4 Å². The van der Waals surface area contributed by atoms with E-state index in [1.54, 1.807) is 0 Å². The van der Waals surface area contributed by atoms with Crippen molar-refractivity contribution >= 4 is 6.09 Å². The van der Waals surface area contributed by atoms with Crippen LogP contribution in [0.25, 0.3) is 0 Å². The van der Waals surface area contributed by atoms with Crippen LogP contribution in [-0.2, 0) is 28.3 Å². The number of hydrogen-bond acceptors (Lipinski definition) is 4. The molecule has 1 amide bonds. The van der Waals surface area contributed by atoms with Crippen LogP contribution in [0.2, 0.25) is 0 Å². The lowest BCUT2D eigenvalue weighted by molar-refractivity contribution is 0.128. The molecule has 30 heavy (non-hydrogen) atoms. The van der Waals surface area contributed by atoms with Crippen LogP contribution in [0.15, 0.2) is 84.9 Å². The third-order valence-electron chi connectivity index (χ3n) is 5.29. The van der Waals surface area contributed by atoms with Gasteiger partial charge in [0.15, 0.2) is 0 Å². The number of rotatable bonds is 8. The van der Waals surface area contributed by atoms with E-state index < -0.39 is 11.7 Å². The summed E-state index contributed by atoms with van der Waals surface area (Å²) in [5.41, 5.74) is 2.55. The molecule has 1 heterocycles. The normalized spacial score (nSPS) is 18.3. The molecule has 0 radical (unpaired) electrons. The van der Waals surface area contributed by atoms with Crippen molar-refractivity contribution in [2.75, 3.05) is 6.61 Å². The number of nitrogens with one attached hydrogen (secondary N) is 1. The fourth-order valence-corrected chi connectivity index (χ4v) is 3.38. The smallest absolute Gasteiger partial charge is 0.407 e. The molecule has 4 rings (SSSR count). The summed E-state index contributed by atoms with van der Waals surface area (Å²) >= 11 is 0. The van der Waals surface area contributed by atoms with Gasteiger partial charge in [-0.25, -0.2) is 4.79 Å². The first kappa shape index (κ1) is 20.0. The van der Waals surface area contributed by atoms with Crippen LogP contribution in [-0.4, -0.2) is 18.7 Å². The molecule has 5 heteroatoms. The van der Waals surface area contributed by atoms with Gasteiger partial charge in [-0.2, -0.15) is 0 Å². The lowest BCUT2D eigenvalue weighted by Gasteiger charge is -2.22. The van der Waals surface area contributed by atoms with E-state index in [4.69, 9.17) is 14.2 Å². The predicted molar refractivity (Wildman–Crippen MR) is 114 cm³/mol. The van der Waals surface area contributed by atoms with Gasteiger partial charge >= 0.3 is 6.09 Å². The van der Waals surface area contributed by atoms with Gasteiger partial charge in [-0.3, -0.25) is 0 Å². The average Bonchev–Trinajstić information content (AvgIpc) is 3.60. The van der Waals surface area contributed by atoms with Gasteiger partial charge in [0.2, 0.25) is 0 Å². The van der Waals surface area contributed by atoms with E-state index in [-0.39, 0.29) is 12.6 Å². The molecular formula is C25H25NO4. The van der Waals surface area contributed by atoms with Gasteiger partial charge in [0, 0.05) is 0 Å². The Balaban J connectivity index is 1.31. The number of ether oxygens (including phenoxy) is 3. The molecule has 5 nitrogen and oxygen atoms in total. The Bertz CT molecular complexity index is 953. The van der Waals surface area contributed by atoms with Gasteiger partial charge in [0.05, 0.1) is 12.6 Å². The number of amides is 1. The minimum absolute atomic E-state index is 0.225. The van der Waals surface area contributed by atoms with Gasteiger partial charge in [-0.05, 0) is 35.7 Å². The number of benzene rings is 3. The number of alkyl carbamates (subject to hydrolysis) is 1. The van der Waals surface area contributed by atoms with Crippen molar-refractivity contribution in [2.45, 2.75) is 31.8 Å². The van der Waals surface area contributed by atoms with Gasteiger partial charge in [0.25, 0.3) is 0 Å². The van der Waals surface area contributed by atoms with Gasteiger partial charge < -0.3 is 19.5 Å². The number of carbonyl (C=O) groups is 1. The molecule has 0 unspecified atom stereocenters. The molecule has 0 bridgehead atoms. The van der Waals surface area contributed by atoms with Crippen LogP contribution in [0.3, 0.4) is 0 Å². The predicted octanol–water partition coefficient (Wildman–Crippen LogP) is 4.81. The first-order valence-electron chi connectivity index (χ1n) is 10.0. The molecule has 1 N–H and O–H groups in total. The fraction of sp³-hybridized carbons (Fsp3) is 0.240. The zero-order valence-corrected chi connectivity index (χ0v) is 16.9. The highest BCUT2D eigenvalue weighted by Gasteiger charge is 2.52. The molecule has 0 saturated carbocycles. The third-order valence-corrected chi connectivity index (χ3v) is 5.29. The van der Waals surface area contributed by atoms with Crippen LogP contribution in [0.4, 0.5) is 4.79 Å². The molecule has 3 aromatic rings. The highest BCUT2D eigenvalue weighted by molar-refractivity contribution is 5.68. The van der Waals surface area contributed by atoms with Crippen molar-refractivity contribution in [2.24, 2.45) is 0 Å². The maximum absolute atomic E-state index is 12.2. The van der Waals surface area contributed by atoms with Crippen molar-refractivity contribution in [3.05, 3.63) is 102 Å². The summed E-state index contributed by atoms with van der Waals surface area (Å²) < 4.78 is 16.9. The molecule has 1 fully saturated rings. The summed E-state index contributed by atoms with van der Waals surface area (Å²) in [7, 11) is 0. The Kier molecular flexibility index (Phi) is 6.00. The second-order valence-electron chi connectivity index (χ2n) is 7.40. The molecule has 0 aromatic heterocycles. The molecule has 3 aromatic carbocycles. The zero-order chi connectivity index (χ0) is 20.8. The lowest BCUT2D eigenvalue weighted by atomic mass is 9.93. The van der Waals surface area contributed by atoms with E-state index in [2.05, 4.69) is 5.32 Å². The monoisotopic (exact) mass is 403 g/mol. The quantitative estimate of drug-likeness (QED) is 0.549. The van der Waals surface area contributed by atoms with Crippen molar-refractivity contribution in [1.29, 1.82) is 0 Å². The van der Waals surface area contributed by atoms with Crippen LogP contribution in [0.1, 0.15) is 23.6 Å². The first-order valence-corrected chi connectivity index (χ1v) is 10.0. The molecule has 154 valence electrons. The summed E-state index contributed by atoms with van der Waals surface area (Å²) in [6, 6.07) is 27.3. The van der Waals surface area contributed by atoms with Crippen LogP contribution in [0.5, 0.6) is 5.75 Å². The van der Waals surface area contributed by atoms with Crippen LogP contribution < -0.4 is 10.1 Å². The summed E-state index contributed by atoms with van der Waals surface area (Å²) in [6.45, 7) is 3.24. The standard InChI is InChI=1S/C25H25NO4/c1-19(26-24(27)29-17-21-10-6-3-7-11-21)25(18-30-25)22-12-14-23(15-13-22)28-16-20-8-4-2-5-9-20/h2-15,19H,16-18H2,1H3,(H,26,27)/t19-,25-/m0/s1. The van der Waals surface area contributed by atoms with Crippen molar-refractivity contribution < 1.29 is 19.0 Å². The Hall–Kier alpha value is -3.31. The highest BCUT2D eigenvalue weighted by Crippen LogP contribution is 2.42. The number of hydrogen-bond donors (Lipinski definition) is 1. The van der Waals surface area contributed by atoms with Crippen molar-refractivity contribution in [3.8, 4) is 5.75 Å². The molecule has 0 spiro atoms. The second kappa shape index (κ2) is 9.01. The summed E-state index contributed by atoms with van der Waals surface area (Å²) in [4.78, 5) is 12.2. The fourth-order valence-electron chi connectivity index (χ4n) is 3.38. The Morgan fingerprint density at radius 2 is 1.50 bits per heavy atom. The zero-order valence-electron chi connectivity index (χ0n) is 16.9. The molecule has 0 aliphatic carbocycles. The van der Waals surface area contributed by atoms with Crippen molar-refractivity contribution in [1.82, 2.24) is 5.32 Å². The molecular weight excluding hydrogens is 378 g/mol. The number of carbonyl (C=O) groups excluding carboxylic acids is 1. The second-order valence-corrected chi connectivity index (χ2v) is 7.40. The van der Waals surface area contributed by atoms with Crippen molar-refractivity contribution in [3.63, 3.8) is 0 Å². The summed E-state index contributed by atoms with van der Waals surface area (Å²) in [5, 5.41) is 2.90. The third kappa shape index (κ3) is 4.81. The summed E-state index contributed by atoms with van der Waals surface area (Å²) in [5.74, 6) is 0.793. The Morgan fingerprint density at radius 1 is 0.933 bits per heavy atom. The van der Waals surface area contributed by atoms with E-state index in [1.807, 2.05) is 91.9 Å². The van der Waals surface area contributed by atoms with E-state index in [0.29, 0.717) is 13.2 Å². The largest absolute Gasteiger partial charge is 0.489 e. The molecule has 1 aliphatic rings. The minimum Gasteiger partial charge on any atom is -0.489 e. The number of epoxide rings is 1. The SMILES string of the molecule is C[C@H](NC(=O)OCc1ccccc1)[C@]1(c2ccc(OCc3ccccc3)cc2)CO1. The highest BCUT2D eigenvalue weighted by atomic mass is 16.6.